The molecule has 4 nitrogen and oxygen atoms in total. The van der Waals surface area contributed by atoms with Gasteiger partial charge in [0.15, 0.2) is 0 Å². The molecule has 0 aromatic carbocycles. The first kappa shape index (κ1) is 15.0. The third kappa shape index (κ3) is 3.19. The van der Waals surface area contributed by atoms with Crippen molar-refractivity contribution in [1.82, 2.24) is 20.1 Å². The van der Waals surface area contributed by atoms with Crippen LogP contribution in [0.4, 0.5) is 0 Å². The van der Waals surface area contributed by atoms with Gasteiger partial charge in [0.2, 0.25) is 0 Å². The van der Waals surface area contributed by atoms with Crippen LogP contribution in [0.1, 0.15) is 50.5 Å². The van der Waals surface area contributed by atoms with E-state index in [2.05, 4.69) is 36.2 Å². The molecule has 0 aliphatic carbocycles. The van der Waals surface area contributed by atoms with E-state index < -0.39 is 0 Å². The van der Waals surface area contributed by atoms with Crippen molar-refractivity contribution in [3.63, 3.8) is 0 Å². The van der Waals surface area contributed by atoms with Crippen LogP contribution in [-0.2, 0) is 0 Å². The summed E-state index contributed by atoms with van der Waals surface area (Å²) in [6.45, 7) is 7.29. The van der Waals surface area contributed by atoms with E-state index in [-0.39, 0.29) is 12.1 Å². The van der Waals surface area contributed by atoms with Crippen molar-refractivity contribution in [3.8, 4) is 0 Å². The van der Waals surface area contributed by atoms with Crippen LogP contribution in [0.3, 0.4) is 0 Å². The van der Waals surface area contributed by atoms with Gasteiger partial charge in [-0.3, -0.25) is 9.67 Å². The summed E-state index contributed by atoms with van der Waals surface area (Å²) >= 11 is 6.37. The van der Waals surface area contributed by atoms with Crippen LogP contribution >= 0.6 is 11.6 Å². The molecule has 1 N–H and O–H groups in total. The lowest BCUT2D eigenvalue weighted by molar-refractivity contribution is 0.472. The quantitative estimate of drug-likeness (QED) is 0.884. The van der Waals surface area contributed by atoms with E-state index in [1.165, 1.54) is 0 Å². The molecule has 0 saturated carbocycles. The Hall–Kier alpha value is -1.39. The van der Waals surface area contributed by atoms with Crippen molar-refractivity contribution < 1.29 is 0 Å². The molecule has 2 aromatic heterocycles. The first-order valence-corrected chi connectivity index (χ1v) is 7.39. The fourth-order valence-corrected chi connectivity index (χ4v) is 2.49. The zero-order valence-corrected chi connectivity index (χ0v) is 12.9. The Morgan fingerprint density at radius 1 is 1.30 bits per heavy atom. The lowest BCUT2D eigenvalue weighted by Crippen LogP contribution is -2.26. The van der Waals surface area contributed by atoms with Gasteiger partial charge >= 0.3 is 0 Å². The number of aromatic nitrogens is 3. The smallest absolute Gasteiger partial charge is 0.0837 e. The van der Waals surface area contributed by atoms with Crippen LogP contribution < -0.4 is 5.32 Å². The van der Waals surface area contributed by atoms with E-state index in [1.54, 1.807) is 18.6 Å². The Bertz CT molecular complexity index is 536. The molecule has 1 unspecified atom stereocenters. The van der Waals surface area contributed by atoms with Crippen LogP contribution in [0.2, 0.25) is 5.02 Å². The van der Waals surface area contributed by atoms with Crippen molar-refractivity contribution >= 4 is 11.6 Å². The third-order valence-electron chi connectivity index (χ3n) is 3.19. The van der Waals surface area contributed by atoms with Gasteiger partial charge in [-0.05, 0) is 44.5 Å². The van der Waals surface area contributed by atoms with E-state index in [0.29, 0.717) is 5.02 Å². The van der Waals surface area contributed by atoms with Gasteiger partial charge in [0.25, 0.3) is 0 Å². The average molecular weight is 293 g/mol. The molecule has 108 valence electrons. The molecule has 5 heteroatoms. The summed E-state index contributed by atoms with van der Waals surface area (Å²) in [4.78, 5) is 4.09. The summed E-state index contributed by atoms with van der Waals surface area (Å²) in [5.41, 5.74) is 2.17. The largest absolute Gasteiger partial charge is 0.305 e. The highest BCUT2D eigenvalue weighted by Gasteiger charge is 2.22. The highest BCUT2D eigenvalue weighted by molar-refractivity contribution is 6.31. The molecule has 2 heterocycles. The second-order valence-electron chi connectivity index (χ2n) is 5.08. The predicted octanol–water partition coefficient (Wildman–Crippen LogP) is 3.60. The fourth-order valence-electron chi connectivity index (χ4n) is 2.25. The molecule has 2 rings (SSSR count). The molecule has 20 heavy (non-hydrogen) atoms. The van der Waals surface area contributed by atoms with Crippen LogP contribution in [0, 0.1) is 0 Å². The summed E-state index contributed by atoms with van der Waals surface area (Å²) in [6.07, 6.45) is 6.40. The van der Waals surface area contributed by atoms with E-state index in [4.69, 9.17) is 11.6 Å². The third-order valence-corrected chi connectivity index (χ3v) is 3.48. The molecule has 0 aliphatic heterocycles. The Balaban J connectivity index is 2.44. The molecular formula is C15H21ClN4. The summed E-state index contributed by atoms with van der Waals surface area (Å²) in [5.74, 6) is 0. The van der Waals surface area contributed by atoms with Crippen LogP contribution in [0.25, 0.3) is 0 Å². The van der Waals surface area contributed by atoms with E-state index in [1.807, 2.05) is 16.8 Å². The summed E-state index contributed by atoms with van der Waals surface area (Å²) in [6, 6.07) is 4.34. The maximum atomic E-state index is 6.37. The Morgan fingerprint density at radius 3 is 2.60 bits per heavy atom. The Morgan fingerprint density at radius 2 is 2.00 bits per heavy atom. The first-order valence-electron chi connectivity index (χ1n) is 7.01. The lowest BCUT2D eigenvalue weighted by atomic mass is 10.0. The monoisotopic (exact) mass is 292 g/mol. The van der Waals surface area contributed by atoms with Gasteiger partial charge < -0.3 is 5.32 Å². The average Bonchev–Trinajstić information content (AvgIpc) is 2.83. The van der Waals surface area contributed by atoms with Crippen molar-refractivity contribution in [2.24, 2.45) is 0 Å². The number of hydrogen-bond donors (Lipinski definition) is 1. The highest BCUT2D eigenvalue weighted by atomic mass is 35.5. The minimum absolute atomic E-state index is 0.0374. The second kappa shape index (κ2) is 6.86. The predicted molar refractivity (Wildman–Crippen MR) is 82.0 cm³/mol. The minimum atomic E-state index is 0.0374. The molecule has 1 atom stereocenters. The van der Waals surface area contributed by atoms with Crippen molar-refractivity contribution in [2.45, 2.75) is 39.3 Å². The van der Waals surface area contributed by atoms with Crippen LogP contribution in [0.15, 0.2) is 30.7 Å². The first-order chi connectivity index (χ1) is 9.65. The van der Waals surface area contributed by atoms with Crippen molar-refractivity contribution in [3.05, 3.63) is 47.0 Å². The zero-order chi connectivity index (χ0) is 14.5. The summed E-state index contributed by atoms with van der Waals surface area (Å²) in [7, 11) is 0. The van der Waals surface area contributed by atoms with Gasteiger partial charge in [0, 0.05) is 18.4 Å². The van der Waals surface area contributed by atoms with Crippen molar-refractivity contribution in [1.29, 1.82) is 0 Å². The van der Waals surface area contributed by atoms with Crippen molar-refractivity contribution in [2.75, 3.05) is 6.54 Å². The molecule has 0 radical (unpaired) electrons. The molecule has 0 spiro atoms. The molecule has 0 fully saturated rings. The number of nitrogens with one attached hydrogen (secondary N) is 1. The number of hydrogen-bond acceptors (Lipinski definition) is 3. The van der Waals surface area contributed by atoms with Crippen LogP contribution in [0.5, 0.6) is 0 Å². The van der Waals surface area contributed by atoms with E-state index in [9.17, 15) is 0 Å². The van der Waals surface area contributed by atoms with Crippen LogP contribution in [-0.4, -0.2) is 21.3 Å². The lowest BCUT2D eigenvalue weighted by Gasteiger charge is -2.22. The number of halogens is 1. The standard InChI is InChI=1S/C15H21ClN4/c1-4-7-18-14(12-5-8-17-9-6-12)15-13(16)10-19-20(15)11(2)3/h5-6,8-11,14,18H,4,7H2,1-3H3. The highest BCUT2D eigenvalue weighted by Crippen LogP contribution is 2.29. The van der Waals surface area contributed by atoms with E-state index >= 15 is 0 Å². The maximum Gasteiger partial charge on any atom is 0.0837 e. The SMILES string of the molecule is CCCNC(c1ccncc1)c1c(Cl)cnn1C(C)C. The molecule has 0 aliphatic rings. The van der Waals surface area contributed by atoms with Gasteiger partial charge in [0.05, 0.1) is 23.0 Å². The topological polar surface area (TPSA) is 42.7 Å². The van der Waals surface area contributed by atoms with E-state index in [0.717, 1.165) is 24.2 Å². The molecule has 0 saturated heterocycles. The fraction of sp³-hybridized carbons (Fsp3) is 0.467. The van der Waals surface area contributed by atoms with Gasteiger partial charge in [-0.2, -0.15) is 5.10 Å². The normalized spacial score (nSPS) is 12.8. The Labute approximate surface area is 125 Å². The maximum absolute atomic E-state index is 6.37. The number of pyridine rings is 1. The molecule has 0 amide bonds. The second-order valence-corrected chi connectivity index (χ2v) is 5.49. The summed E-state index contributed by atoms with van der Waals surface area (Å²) < 4.78 is 1.98. The van der Waals surface area contributed by atoms with Gasteiger partial charge in [-0.1, -0.05) is 18.5 Å². The number of nitrogens with zero attached hydrogens (tertiary/aromatic N) is 3. The zero-order valence-electron chi connectivity index (χ0n) is 12.2. The molecular weight excluding hydrogens is 272 g/mol. The summed E-state index contributed by atoms with van der Waals surface area (Å²) in [5, 5.41) is 8.65. The van der Waals surface area contributed by atoms with Gasteiger partial charge in [-0.15, -0.1) is 0 Å². The Kier molecular flexibility index (Phi) is 5.15. The molecule has 0 bridgehead atoms. The molecule has 2 aromatic rings. The van der Waals surface area contributed by atoms with Gasteiger partial charge in [-0.25, -0.2) is 0 Å². The minimum Gasteiger partial charge on any atom is -0.305 e. The number of rotatable bonds is 6. The van der Waals surface area contributed by atoms with Gasteiger partial charge in [0.1, 0.15) is 0 Å².